The van der Waals surface area contributed by atoms with Crippen molar-refractivity contribution in [2.45, 2.75) is 25.5 Å². The summed E-state index contributed by atoms with van der Waals surface area (Å²) in [6.45, 7) is 0.770. The number of aromatic nitrogens is 5. The van der Waals surface area contributed by atoms with Crippen molar-refractivity contribution >= 4 is 17.3 Å². The lowest BCUT2D eigenvalue weighted by Gasteiger charge is -2.24. The number of carbonyl (C=O) groups is 1. The summed E-state index contributed by atoms with van der Waals surface area (Å²) in [5.74, 6) is 0.793. The third kappa shape index (κ3) is 2.90. The van der Waals surface area contributed by atoms with E-state index in [1.54, 1.807) is 12.5 Å². The lowest BCUT2D eigenvalue weighted by molar-refractivity contribution is -0.0311. The number of pyridine rings is 1. The molecule has 140 valence electrons. The van der Waals surface area contributed by atoms with Crippen molar-refractivity contribution in [3.8, 4) is 17.1 Å². The zero-order valence-electron chi connectivity index (χ0n) is 15.2. The topological polar surface area (TPSA) is 74.8 Å². The number of fused-ring (bicyclic) bond motifs is 1. The van der Waals surface area contributed by atoms with Crippen molar-refractivity contribution < 1.29 is 9.53 Å². The van der Waals surface area contributed by atoms with Gasteiger partial charge >= 0.3 is 0 Å². The molecule has 1 saturated heterocycles. The van der Waals surface area contributed by atoms with Gasteiger partial charge in [0.2, 0.25) is 0 Å². The minimum atomic E-state index is -0.0155. The highest BCUT2D eigenvalue weighted by Gasteiger charge is 2.20. The monoisotopic (exact) mass is 373 g/mol. The molecule has 3 aromatic heterocycles. The number of hydrogen-bond donors (Lipinski definition) is 0. The van der Waals surface area contributed by atoms with Crippen LogP contribution in [0.2, 0.25) is 0 Å². The predicted octanol–water partition coefficient (Wildman–Crippen LogP) is 3.80. The van der Waals surface area contributed by atoms with E-state index in [4.69, 9.17) is 4.74 Å². The minimum absolute atomic E-state index is 0.0155. The van der Waals surface area contributed by atoms with Gasteiger partial charge in [-0.25, -0.2) is 4.98 Å². The molecule has 1 unspecified atom stereocenters. The van der Waals surface area contributed by atoms with E-state index in [2.05, 4.69) is 21.2 Å². The first kappa shape index (κ1) is 16.8. The fourth-order valence-corrected chi connectivity index (χ4v) is 3.71. The van der Waals surface area contributed by atoms with Crippen LogP contribution >= 0.6 is 0 Å². The average Bonchev–Trinajstić information content (AvgIpc) is 3.41. The van der Waals surface area contributed by atoms with Gasteiger partial charge in [-0.1, -0.05) is 12.1 Å². The van der Waals surface area contributed by atoms with Gasteiger partial charge in [0.15, 0.2) is 12.1 Å². The SMILES string of the molecule is O=Cc1cnc2c(ccn2-c2cccc(-c3nncn3C3CCCCO3)c2)c1. The highest BCUT2D eigenvalue weighted by atomic mass is 16.5. The molecule has 1 atom stereocenters. The molecule has 28 heavy (non-hydrogen) atoms. The molecule has 5 rings (SSSR count). The largest absolute Gasteiger partial charge is 0.358 e. The Hall–Kier alpha value is -3.32. The second-order valence-corrected chi connectivity index (χ2v) is 6.92. The van der Waals surface area contributed by atoms with E-state index in [1.165, 1.54) is 0 Å². The molecule has 7 heteroatoms. The van der Waals surface area contributed by atoms with Crippen molar-refractivity contribution in [1.82, 2.24) is 24.3 Å². The number of carbonyl (C=O) groups excluding carboxylic acids is 1. The molecule has 0 bridgehead atoms. The molecule has 0 radical (unpaired) electrons. The van der Waals surface area contributed by atoms with Gasteiger partial charge in [-0.2, -0.15) is 0 Å². The van der Waals surface area contributed by atoms with E-state index < -0.39 is 0 Å². The second-order valence-electron chi connectivity index (χ2n) is 6.92. The van der Waals surface area contributed by atoms with Crippen molar-refractivity contribution in [3.05, 3.63) is 60.7 Å². The van der Waals surface area contributed by atoms with E-state index in [0.717, 1.165) is 60.3 Å². The molecular formula is C21H19N5O2. The first-order chi connectivity index (χ1) is 13.8. The van der Waals surface area contributed by atoms with Crippen molar-refractivity contribution in [2.75, 3.05) is 6.61 Å². The van der Waals surface area contributed by atoms with Crippen molar-refractivity contribution in [1.29, 1.82) is 0 Å². The van der Waals surface area contributed by atoms with E-state index in [-0.39, 0.29) is 6.23 Å². The van der Waals surface area contributed by atoms with Crippen LogP contribution in [0.3, 0.4) is 0 Å². The van der Waals surface area contributed by atoms with Gasteiger partial charge in [-0.05, 0) is 43.5 Å². The molecule has 1 aliphatic rings. The van der Waals surface area contributed by atoms with Gasteiger partial charge in [0.05, 0.1) is 0 Å². The number of hydrogen-bond acceptors (Lipinski definition) is 5. The van der Waals surface area contributed by atoms with Crippen LogP contribution in [-0.4, -0.2) is 37.2 Å². The average molecular weight is 373 g/mol. The molecule has 0 spiro atoms. The summed E-state index contributed by atoms with van der Waals surface area (Å²) in [7, 11) is 0. The van der Waals surface area contributed by atoms with Crippen LogP contribution in [0.1, 0.15) is 35.8 Å². The summed E-state index contributed by atoms with van der Waals surface area (Å²) in [6.07, 6.45) is 9.30. The van der Waals surface area contributed by atoms with Crippen LogP contribution in [0.15, 0.2) is 55.1 Å². The Bertz CT molecular complexity index is 1140. The van der Waals surface area contributed by atoms with E-state index in [1.807, 2.05) is 45.7 Å². The standard InChI is InChI=1S/C21H19N5O2/c27-13-15-10-17-7-8-25(20(17)22-12-15)18-5-3-4-16(11-18)21-24-23-14-26(21)19-6-1-2-9-28-19/h3-5,7-8,10-14,19H,1-2,6,9H2. The molecule has 1 aliphatic heterocycles. The van der Waals surface area contributed by atoms with Crippen LogP contribution in [-0.2, 0) is 4.74 Å². The number of benzene rings is 1. The van der Waals surface area contributed by atoms with E-state index in [9.17, 15) is 4.79 Å². The van der Waals surface area contributed by atoms with Gasteiger partial charge in [0.25, 0.3) is 0 Å². The quantitative estimate of drug-likeness (QED) is 0.509. The zero-order valence-corrected chi connectivity index (χ0v) is 15.2. The van der Waals surface area contributed by atoms with Crippen LogP contribution in [0, 0.1) is 0 Å². The highest BCUT2D eigenvalue weighted by molar-refractivity contribution is 5.85. The Morgan fingerprint density at radius 3 is 3.00 bits per heavy atom. The number of rotatable bonds is 4. The normalized spacial score (nSPS) is 17.1. The van der Waals surface area contributed by atoms with Gasteiger partial charge in [-0.15, -0.1) is 10.2 Å². The van der Waals surface area contributed by atoms with Crippen LogP contribution < -0.4 is 0 Å². The third-order valence-electron chi connectivity index (χ3n) is 5.11. The van der Waals surface area contributed by atoms with Crippen LogP contribution in [0.25, 0.3) is 28.1 Å². The summed E-state index contributed by atoms with van der Waals surface area (Å²) in [4.78, 5) is 15.4. The first-order valence-electron chi connectivity index (χ1n) is 9.38. The lowest BCUT2D eigenvalue weighted by atomic mass is 10.1. The molecule has 0 saturated carbocycles. The van der Waals surface area contributed by atoms with Gasteiger partial charge in [-0.3, -0.25) is 9.36 Å². The lowest BCUT2D eigenvalue weighted by Crippen LogP contribution is -2.18. The number of nitrogens with zero attached hydrogens (tertiary/aromatic N) is 5. The molecule has 7 nitrogen and oxygen atoms in total. The molecule has 4 aromatic rings. The zero-order chi connectivity index (χ0) is 18.9. The molecule has 1 fully saturated rings. The molecule has 0 aliphatic carbocycles. The highest BCUT2D eigenvalue weighted by Crippen LogP contribution is 2.29. The molecule has 1 aromatic carbocycles. The Morgan fingerprint density at radius 1 is 1.18 bits per heavy atom. The summed E-state index contributed by atoms with van der Waals surface area (Å²) in [6, 6.07) is 11.9. The van der Waals surface area contributed by atoms with Crippen molar-refractivity contribution in [2.24, 2.45) is 0 Å². The fraction of sp³-hybridized carbons (Fsp3) is 0.238. The molecule has 0 N–H and O–H groups in total. The second kappa shape index (κ2) is 7.01. The minimum Gasteiger partial charge on any atom is -0.358 e. The molecular weight excluding hydrogens is 354 g/mol. The van der Waals surface area contributed by atoms with Crippen molar-refractivity contribution in [3.63, 3.8) is 0 Å². The maximum Gasteiger partial charge on any atom is 0.165 e. The smallest absolute Gasteiger partial charge is 0.165 e. The maximum absolute atomic E-state index is 11.0. The van der Waals surface area contributed by atoms with Gasteiger partial charge in [0, 0.05) is 41.2 Å². The Balaban J connectivity index is 1.55. The Morgan fingerprint density at radius 2 is 2.14 bits per heavy atom. The first-order valence-corrected chi connectivity index (χ1v) is 9.38. The number of ether oxygens (including phenoxy) is 1. The summed E-state index contributed by atoms with van der Waals surface area (Å²) in [5, 5.41) is 9.38. The summed E-state index contributed by atoms with van der Waals surface area (Å²) >= 11 is 0. The predicted molar refractivity (Wildman–Crippen MR) is 104 cm³/mol. The summed E-state index contributed by atoms with van der Waals surface area (Å²) < 4.78 is 9.93. The van der Waals surface area contributed by atoms with Crippen LogP contribution in [0.5, 0.6) is 0 Å². The van der Waals surface area contributed by atoms with E-state index >= 15 is 0 Å². The molecule has 4 heterocycles. The van der Waals surface area contributed by atoms with Crippen LogP contribution in [0.4, 0.5) is 0 Å². The van der Waals surface area contributed by atoms with E-state index in [0.29, 0.717) is 5.56 Å². The van der Waals surface area contributed by atoms with Gasteiger partial charge in [0.1, 0.15) is 18.2 Å². The third-order valence-corrected chi connectivity index (χ3v) is 5.11. The van der Waals surface area contributed by atoms with Gasteiger partial charge < -0.3 is 9.30 Å². The molecule has 0 amide bonds. The maximum atomic E-state index is 11.0. The Labute approximate surface area is 161 Å². The summed E-state index contributed by atoms with van der Waals surface area (Å²) in [5.41, 5.74) is 3.31. The Kier molecular flexibility index (Phi) is 4.21. The number of aldehydes is 1. The fourth-order valence-electron chi connectivity index (χ4n) is 3.71.